The van der Waals surface area contributed by atoms with Crippen LogP contribution in [-0.4, -0.2) is 37.2 Å². The lowest BCUT2D eigenvalue weighted by atomic mass is 9.98. The number of likely N-dealkylation sites (N-methyl/N-ethyl adjacent to an activating group) is 1. The molecule has 1 aliphatic heterocycles. The van der Waals surface area contributed by atoms with Gasteiger partial charge in [-0.3, -0.25) is 4.90 Å². The maximum Gasteiger partial charge on any atom is 0.0703 e. The van der Waals surface area contributed by atoms with Crippen molar-refractivity contribution in [2.24, 2.45) is 5.73 Å². The lowest BCUT2D eigenvalue weighted by Crippen LogP contribution is -2.42. The van der Waals surface area contributed by atoms with Gasteiger partial charge in [-0.1, -0.05) is 29.3 Å². The topological polar surface area (TPSA) is 38.5 Å². The number of ether oxygens (including phenoxy) is 1. The second-order valence-electron chi connectivity index (χ2n) is 5.77. The molecule has 2 rings (SSSR count). The lowest BCUT2D eigenvalue weighted by Gasteiger charge is -2.34. The van der Waals surface area contributed by atoms with Crippen LogP contribution in [0.2, 0.25) is 0 Å². The fourth-order valence-corrected chi connectivity index (χ4v) is 3.23. The van der Waals surface area contributed by atoms with Crippen molar-refractivity contribution in [3.05, 3.63) is 34.9 Å². The second-order valence-corrected chi connectivity index (χ2v) is 5.77. The van der Waals surface area contributed by atoms with Crippen LogP contribution in [0.1, 0.15) is 36.1 Å². The van der Waals surface area contributed by atoms with E-state index < -0.39 is 0 Å². The molecule has 0 radical (unpaired) electrons. The van der Waals surface area contributed by atoms with E-state index in [0.717, 1.165) is 13.0 Å². The fraction of sp³-hybridized carbons (Fsp3) is 0.625. The minimum atomic E-state index is 0.271. The Morgan fingerprint density at radius 3 is 2.42 bits per heavy atom. The molecule has 1 aliphatic rings. The molecule has 106 valence electrons. The average Bonchev–Trinajstić information content (AvgIpc) is 2.75. The van der Waals surface area contributed by atoms with Crippen molar-refractivity contribution in [2.45, 2.75) is 45.4 Å². The third-order valence-electron chi connectivity index (χ3n) is 4.20. The number of hydrogen-bond donors (Lipinski definition) is 1. The SMILES string of the molecule is Cc1cc(C)cc(C(CN)N(C)C2CCOC2C)c1. The Morgan fingerprint density at radius 2 is 1.95 bits per heavy atom. The second kappa shape index (κ2) is 6.04. The maximum atomic E-state index is 6.04. The van der Waals surface area contributed by atoms with E-state index in [1.54, 1.807) is 0 Å². The minimum absolute atomic E-state index is 0.271. The van der Waals surface area contributed by atoms with Crippen molar-refractivity contribution in [3.8, 4) is 0 Å². The van der Waals surface area contributed by atoms with E-state index in [4.69, 9.17) is 10.5 Å². The van der Waals surface area contributed by atoms with Gasteiger partial charge in [-0.15, -0.1) is 0 Å². The molecule has 1 fully saturated rings. The van der Waals surface area contributed by atoms with Gasteiger partial charge in [-0.05, 0) is 39.8 Å². The van der Waals surface area contributed by atoms with Crippen LogP contribution in [0.3, 0.4) is 0 Å². The Kier molecular flexibility index (Phi) is 4.61. The molecule has 1 aromatic rings. The standard InChI is InChI=1S/C16H26N2O/c1-11-7-12(2)9-14(8-11)16(10-17)18(4)15-5-6-19-13(15)3/h7-9,13,15-16H,5-6,10,17H2,1-4H3. The summed E-state index contributed by atoms with van der Waals surface area (Å²) in [6.07, 6.45) is 1.39. The Hall–Kier alpha value is -0.900. The van der Waals surface area contributed by atoms with E-state index in [1.165, 1.54) is 16.7 Å². The highest BCUT2D eigenvalue weighted by Gasteiger charge is 2.31. The molecule has 1 aromatic carbocycles. The predicted molar refractivity (Wildman–Crippen MR) is 79.3 cm³/mol. The van der Waals surface area contributed by atoms with E-state index in [-0.39, 0.29) is 6.04 Å². The normalized spacial score (nSPS) is 24.9. The minimum Gasteiger partial charge on any atom is -0.377 e. The van der Waals surface area contributed by atoms with Crippen LogP contribution in [0.4, 0.5) is 0 Å². The van der Waals surface area contributed by atoms with E-state index in [2.05, 4.69) is 50.9 Å². The summed E-state index contributed by atoms with van der Waals surface area (Å²) in [6, 6.07) is 7.45. The zero-order valence-corrected chi connectivity index (χ0v) is 12.5. The Morgan fingerprint density at radius 1 is 1.32 bits per heavy atom. The molecule has 0 bridgehead atoms. The lowest BCUT2D eigenvalue weighted by molar-refractivity contribution is 0.0686. The summed E-state index contributed by atoms with van der Waals surface area (Å²) in [6.45, 7) is 7.95. The smallest absolute Gasteiger partial charge is 0.0703 e. The molecule has 0 amide bonds. The van der Waals surface area contributed by atoms with Gasteiger partial charge in [0.2, 0.25) is 0 Å². The van der Waals surface area contributed by atoms with Gasteiger partial charge in [0.05, 0.1) is 6.10 Å². The molecule has 3 nitrogen and oxygen atoms in total. The van der Waals surface area contributed by atoms with Crippen LogP contribution in [0.5, 0.6) is 0 Å². The molecule has 0 saturated carbocycles. The molecule has 0 spiro atoms. The van der Waals surface area contributed by atoms with Crippen LogP contribution in [-0.2, 0) is 4.74 Å². The highest BCUT2D eigenvalue weighted by atomic mass is 16.5. The molecule has 2 N–H and O–H groups in total. The third kappa shape index (κ3) is 3.16. The van der Waals surface area contributed by atoms with E-state index >= 15 is 0 Å². The summed E-state index contributed by atoms with van der Waals surface area (Å²) in [5, 5.41) is 0. The van der Waals surface area contributed by atoms with Crippen LogP contribution in [0.25, 0.3) is 0 Å². The fourth-order valence-electron chi connectivity index (χ4n) is 3.23. The zero-order chi connectivity index (χ0) is 14.0. The molecule has 3 heteroatoms. The number of nitrogens with two attached hydrogens (primary N) is 1. The van der Waals surface area contributed by atoms with Gasteiger partial charge in [-0.2, -0.15) is 0 Å². The van der Waals surface area contributed by atoms with E-state index in [9.17, 15) is 0 Å². The maximum absolute atomic E-state index is 6.04. The summed E-state index contributed by atoms with van der Waals surface area (Å²) in [7, 11) is 2.17. The van der Waals surface area contributed by atoms with Gasteiger partial charge in [0.15, 0.2) is 0 Å². The molecule has 1 saturated heterocycles. The first-order chi connectivity index (χ1) is 9.02. The molecule has 0 aliphatic carbocycles. The van der Waals surface area contributed by atoms with Crippen molar-refractivity contribution < 1.29 is 4.74 Å². The average molecular weight is 262 g/mol. The summed E-state index contributed by atoms with van der Waals surface area (Å²) >= 11 is 0. The van der Waals surface area contributed by atoms with Crippen LogP contribution < -0.4 is 5.73 Å². The Bertz CT molecular complexity index is 413. The van der Waals surface area contributed by atoms with Gasteiger partial charge in [0, 0.05) is 25.2 Å². The molecule has 0 aromatic heterocycles. The monoisotopic (exact) mass is 262 g/mol. The van der Waals surface area contributed by atoms with Crippen molar-refractivity contribution in [1.29, 1.82) is 0 Å². The number of aryl methyl sites for hydroxylation is 2. The molecular weight excluding hydrogens is 236 g/mol. The largest absolute Gasteiger partial charge is 0.377 e. The first-order valence-corrected chi connectivity index (χ1v) is 7.14. The predicted octanol–water partition coefficient (Wildman–Crippen LogP) is 2.41. The van der Waals surface area contributed by atoms with Crippen molar-refractivity contribution in [2.75, 3.05) is 20.2 Å². The molecular formula is C16H26N2O. The van der Waals surface area contributed by atoms with Gasteiger partial charge in [0.1, 0.15) is 0 Å². The first kappa shape index (κ1) is 14.5. The number of hydrogen-bond acceptors (Lipinski definition) is 3. The zero-order valence-electron chi connectivity index (χ0n) is 12.5. The Labute approximate surface area is 116 Å². The molecule has 19 heavy (non-hydrogen) atoms. The molecule has 3 atom stereocenters. The van der Waals surface area contributed by atoms with Crippen LogP contribution in [0, 0.1) is 13.8 Å². The Balaban J connectivity index is 2.23. The van der Waals surface area contributed by atoms with Gasteiger partial charge < -0.3 is 10.5 Å². The van der Waals surface area contributed by atoms with Gasteiger partial charge >= 0.3 is 0 Å². The third-order valence-corrected chi connectivity index (χ3v) is 4.20. The van der Waals surface area contributed by atoms with Crippen molar-refractivity contribution >= 4 is 0 Å². The van der Waals surface area contributed by atoms with Crippen LogP contribution in [0.15, 0.2) is 18.2 Å². The van der Waals surface area contributed by atoms with E-state index in [1.807, 2.05) is 0 Å². The summed E-state index contributed by atoms with van der Waals surface area (Å²) in [5.74, 6) is 0. The van der Waals surface area contributed by atoms with Crippen molar-refractivity contribution in [1.82, 2.24) is 4.90 Å². The van der Waals surface area contributed by atoms with Crippen molar-refractivity contribution in [3.63, 3.8) is 0 Å². The quantitative estimate of drug-likeness (QED) is 0.905. The first-order valence-electron chi connectivity index (χ1n) is 7.14. The van der Waals surface area contributed by atoms with Gasteiger partial charge in [-0.25, -0.2) is 0 Å². The molecule has 1 heterocycles. The molecule has 3 unspecified atom stereocenters. The number of nitrogens with zero attached hydrogens (tertiary/aromatic N) is 1. The van der Waals surface area contributed by atoms with E-state index in [0.29, 0.717) is 18.7 Å². The highest BCUT2D eigenvalue weighted by Crippen LogP contribution is 2.28. The summed E-state index contributed by atoms with van der Waals surface area (Å²) in [5.41, 5.74) is 9.96. The number of rotatable bonds is 4. The summed E-state index contributed by atoms with van der Waals surface area (Å²) in [4.78, 5) is 2.39. The van der Waals surface area contributed by atoms with Crippen LogP contribution >= 0.6 is 0 Å². The van der Waals surface area contributed by atoms with Gasteiger partial charge in [0.25, 0.3) is 0 Å². The summed E-state index contributed by atoms with van der Waals surface area (Å²) < 4.78 is 5.68. The number of benzene rings is 1. The highest BCUT2D eigenvalue weighted by molar-refractivity contribution is 5.31.